The van der Waals surface area contributed by atoms with Crippen LogP contribution in [0.2, 0.25) is 0 Å². The molecule has 1 aromatic rings. The molecule has 0 saturated heterocycles. The van der Waals surface area contributed by atoms with Gasteiger partial charge in [-0.15, -0.1) is 4.83 Å². The summed E-state index contributed by atoms with van der Waals surface area (Å²) in [5, 5.41) is 4.61. The first-order chi connectivity index (χ1) is 8.79. The lowest BCUT2D eigenvalue weighted by molar-refractivity contribution is 0.363. The first-order valence-corrected chi connectivity index (χ1v) is 7.77. The Morgan fingerprint density at radius 2 is 1.84 bits per heavy atom. The maximum atomic E-state index is 12.3. The Bertz CT molecular complexity index is 521. The number of rotatable bonds is 7. The molecule has 0 unspecified atom stereocenters. The van der Waals surface area contributed by atoms with Gasteiger partial charge in [-0.25, -0.2) is 13.4 Å². The van der Waals surface area contributed by atoms with E-state index in [0.717, 1.165) is 13.0 Å². The van der Waals surface area contributed by atoms with Crippen molar-refractivity contribution in [2.45, 2.75) is 38.6 Å². The topological polar surface area (TPSA) is 74.6 Å². The molecule has 110 valence electrons. The maximum absolute atomic E-state index is 12.3. The molecule has 0 aromatic carbocycles. The lowest BCUT2D eigenvalue weighted by Crippen LogP contribution is -2.36. The molecule has 2 N–H and O–H groups in total. The molecule has 0 aliphatic rings. The van der Waals surface area contributed by atoms with Crippen molar-refractivity contribution < 1.29 is 12.8 Å². The normalized spacial score (nSPS) is 12.3. The quantitative estimate of drug-likeness (QED) is 0.582. The number of hydrazine groups is 1. The van der Waals surface area contributed by atoms with Crippen LogP contribution in [0.15, 0.2) is 9.31 Å². The standard InChI is InChI=1S/C12H23N3O3S/c1-6-7-13-8-11-9(2)18-10(3)12(11)19(16,17)14-15(4)5/h13-14H,6-8H2,1-5H3. The van der Waals surface area contributed by atoms with Gasteiger partial charge < -0.3 is 9.73 Å². The highest BCUT2D eigenvalue weighted by atomic mass is 32.2. The van der Waals surface area contributed by atoms with Gasteiger partial charge in [0.05, 0.1) is 0 Å². The number of nitrogens with zero attached hydrogens (tertiary/aromatic N) is 1. The van der Waals surface area contributed by atoms with Gasteiger partial charge in [0.15, 0.2) is 0 Å². The van der Waals surface area contributed by atoms with Crippen molar-refractivity contribution in [3.05, 3.63) is 17.1 Å². The van der Waals surface area contributed by atoms with Gasteiger partial charge in [-0.1, -0.05) is 6.92 Å². The minimum Gasteiger partial charge on any atom is -0.465 e. The summed E-state index contributed by atoms with van der Waals surface area (Å²) in [5.74, 6) is 1.06. The van der Waals surface area contributed by atoms with Crippen molar-refractivity contribution in [1.29, 1.82) is 0 Å². The third-order valence-electron chi connectivity index (χ3n) is 2.63. The highest BCUT2D eigenvalue weighted by Gasteiger charge is 2.26. The monoisotopic (exact) mass is 289 g/mol. The van der Waals surface area contributed by atoms with Crippen LogP contribution in [0.1, 0.15) is 30.4 Å². The van der Waals surface area contributed by atoms with Crippen LogP contribution in [0.3, 0.4) is 0 Å². The summed E-state index contributed by atoms with van der Waals surface area (Å²) in [5.41, 5.74) is 0.695. The third kappa shape index (κ3) is 4.04. The highest BCUT2D eigenvalue weighted by molar-refractivity contribution is 7.89. The van der Waals surface area contributed by atoms with Gasteiger partial charge in [0, 0.05) is 26.2 Å². The minimum atomic E-state index is -3.59. The van der Waals surface area contributed by atoms with E-state index in [9.17, 15) is 8.42 Å². The van der Waals surface area contributed by atoms with Gasteiger partial charge >= 0.3 is 0 Å². The van der Waals surface area contributed by atoms with E-state index in [1.54, 1.807) is 27.9 Å². The van der Waals surface area contributed by atoms with E-state index < -0.39 is 10.0 Å². The van der Waals surface area contributed by atoms with Gasteiger partial charge in [-0.05, 0) is 26.8 Å². The van der Waals surface area contributed by atoms with Crippen LogP contribution in [0.5, 0.6) is 0 Å². The molecule has 0 aliphatic carbocycles. The molecule has 1 aromatic heterocycles. The molecule has 0 bridgehead atoms. The number of hydrogen-bond acceptors (Lipinski definition) is 5. The Hall–Kier alpha value is -0.890. The first-order valence-electron chi connectivity index (χ1n) is 6.29. The molecular weight excluding hydrogens is 266 g/mol. The summed E-state index contributed by atoms with van der Waals surface area (Å²) in [6.07, 6.45) is 0.994. The largest absolute Gasteiger partial charge is 0.465 e. The lowest BCUT2D eigenvalue weighted by Gasteiger charge is -2.13. The van der Waals surface area contributed by atoms with Crippen molar-refractivity contribution in [2.75, 3.05) is 20.6 Å². The lowest BCUT2D eigenvalue weighted by atomic mass is 10.2. The van der Waals surface area contributed by atoms with Crippen molar-refractivity contribution >= 4 is 10.0 Å². The Labute approximate surface area is 115 Å². The third-order valence-corrected chi connectivity index (χ3v) is 4.30. The molecule has 1 heterocycles. The molecule has 0 atom stereocenters. The molecule has 0 amide bonds. The predicted octanol–water partition coefficient (Wildman–Crippen LogP) is 1.15. The van der Waals surface area contributed by atoms with Crippen molar-refractivity contribution in [2.24, 2.45) is 0 Å². The minimum absolute atomic E-state index is 0.238. The van der Waals surface area contributed by atoms with E-state index in [2.05, 4.69) is 17.1 Å². The SMILES string of the molecule is CCCNCc1c(C)oc(C)c1S(=O)(=O)NN(C)C. The molecule has 0 fully saturated rings. The van der Waals surface area contributed by atoms with Crippen molar-refractivity contribution in [3.8, 4) is 0 Å². The number of furan rings is 1. The molecule has 0 spiro atoms. The molecule has 19 heavy (non-hydrogen) atoms. The average Bonchev–Trinajstić information content (AvgIpc) is 2.52. The molecule has 1 rings (SSSR count). The predicted molar refractivity (Wildman–Crippen MR) is 74.2 cm³/mol. The second-order valence-electron chi connectivity index (χ2n) is 4.69. The second-order valence-corrected chi connectivity index (χ2v) is 6.29. The summed E-state index contributed by atoms with van der Waals surface area (Å²) >= 11 is 0. The summed E-state index contributed by atoms with van der Waals surface area (Å²) in [6.45, 7) is 6.84. The Balaban J connectivity index is 3.12. The van der Waals surface area contributed by atoms with Gasteiger partial charge in [0.25, 0.3) is 10.0 Å². The van der Waals surface area contributed by atoms with E-state index in [4.69, 9.17) is 4.42 Å². The second kappa shape index (κ2) is 6.51. The Morgan fingerprint density at radius 3 is 2.37 bits per heavy atom. The van der Waals surface area contributed by atoms with E-state index in [1.165, 1.54) is 5.01 Å². The molecular formula is C12H23N3O3S. The summed E-state index contributed by atoms with van der Waals surface area (Å²) in [7, 11) is -0.327. The molecule has 0 radical (unpaired) electrons. The zero-order valence-corrected chi connectivity index (χ0v) is 13.0. The molecule has 7 heteroatoms. The zero-order chi connectivity index (χ0) is 14.6. The van der Waals surface area contributed by atoms with Crippen LogP contribution in [-0.2, 0) is 16.6 Å². The fourth-order valence-corrected chi connectivity index (χ4v) is 3.47. The van der Waals surface area contributed by atoms with Gasteiger partial charge in [-0.3, -0.25) is 0 Å². The van der Waals surface area contributed by atoms with E-state index in [0.29, 0.717) is 23.6 Å². The van der Waals surface area contributed by atoms with Crippen molar-refractivity contribution in [1.82, 2.24) is 15.2 Å². The maximum Gasteiger partial charge on any atom is 0.257 e. The van der Waals surface area contributed by atoms with Crippen LogP contribution in [0.25, 0.3) is 0 Å². The highest BCUT2D eigenvalue weighted by Crippen LogP contribution is 2.26. The van der Waals surface area contributed by atoms with Crippen LogP contribution in [-0.4, -0.2) is 34.1 Å². The first kappa shape index (κ1) is 16.2. The van der Waals surface area contributed by atoms with Gasteiger partial charge in [-0.2, -0.15) is 0 Å². The van der Waals surface area contributed by atoms with E-state index in [1.807, 2.05) is 0 Å². The summed E-state index contributed by atoms with van der Waals surface area (Å²) in [6, 6.07) is 0. The summed E-state index contributed by atoms with van der Waals surface area (Å²) in [4.78, 5) is 2.68. The van der Waals surface area contributed by atoms with Crippen molar-refractivity contribution in [3.63, 3.8) is 0 Å². The molecule has 6 nitrogen and oxygen atoms in total. The Kier molecular flexibility index (Phi) is 5.54. The van der Waals surface area contributed by atoms with Crippen LogP contribution in [0, 0.1) is 13.8 Å². The number of aryl methyl sites for hydroxylation is 2. The number of hydrogen-bond donors (Lipinski definition) is 2. The van der Waals surface area contributed by atoms with Crippen LogP contribution in [0.4, 0.5) is 0 Å². The smallest absolute Gasteiger partial charge is 0.257 e. The fourth-order valence-electron chi connectivity index (χ4n) is 1.94. The average molecular weight is 289 g/mol. The molecule has 0 aliphatic heterocycles. The summed E-state index contributed by atoms with van der Waals surface area (Å²) < 4.78 is 30.0. The zero-order valence-electron chi connectivity index (χ0n) is 12.2. The van der Waals surface area contributed by atoms with E-state index >= 15 is 0 Å². The number of nitrogens with one attached hydrogen (secondary N) is 2. The fraction of sp³-hybridized carbons (Fsp3) is 0.667. The van der Waals surface area contributed by atoms with E-state index in [-0.39, 0.29) is 4.90 Å². The van der Waals surface area contributed by atoms with Crippen LogP contribution >= 0.6 is 0 Å². The number of sulfonamides is 1. The van der Waals surface area contributed by atoms with Gasteiger partial charge in [0.1, 0.15) is 16.4 Å². The Morgan fingerprint density at radius 1 is 1.21 bits per heavy atom. The van der Waals surface area contributed by atoms with Crippen LogP contribution < -0.4 is 10.1 Å². The van der Waals surface area contributed by atoms with Gasteiger partial charge in [0.2, 0.25) is 0 Å². The molecule has 0 saturated carbocycles.